The molecule has 1 aliphatic rings. The van der Waals surface area contributed by atoms with Gasteiger partial charge in [-0.1, -0.05) is 96.1 Å². The fraction of sp³-hybridized carbons (Fsp3) is 0.400. The number of aromatic nitrogens is 1. The number of amides is 9. The van der Waals surface area contributed by atoms with Crippen LogP contribution in [0, 0.1) is 5.92 Å². The number of carbonyl (C=O) groups is 10. The van der Waals surface area contributed by atoms with Gasteiger partial charge in [-0.2, -0.15) is 0 Å². The van der Waals surface area contributed by atoms with Crippen LogP contribution in [0.5, 0.6) is 5.75 Å². The summed E-state index contributed by atoms with van der Waals surface area (Å²) in [5.74, 6) is -10.8. The van der Waals surface area contributed by atoms with Crippen molar-refractivity contribution < 1.29 is 58.2 Å². The average molecular weight is 1070 g/mol. The number of fused-ring (bicyclic) bond motifs is 1. The second kappa shape index (κ2) is 27.6. The van der Waals surface area contributed by atoms with E-state index in [9.17, 15) is 58.2 Å². The number of nitrogens with one attached hydrogen (secondary N) is 9. The van der Waals surface area contributed by atoms with Gasteiger partial charge in [-0.25, -0.2) is 4.79 Å². The van der Waals surface area contributed by atoms with Crippen molar-refractivity contribution in [2.45, 2.75) is 108 Å². The predicted octanol–water partition coefficient (Wildman–Crippen LogP) is -0.842. The highest BCUT2D eigenvalue weighted by atomic mass is 33.1. The molecular weight excluding hydrogens is 1010 g/mol. The number of carboxylic acids is 1. The van der Waals surface area contributed by atoms with Crippen molar-refractivity contribution in [1.29, 1.82) is 0 Å². The highest BCUT2D eigenvalue weighted by molar-refractivity contribution is 8.76. The monoisotopic (exact) mass is 1070 g/mol. The Labute approximate surface area is 439 Å². The number of hydrogen-bond acceptors (Lipinski definition) is 14. The summed E-state index contributed by atoms with van der Waals surface area (Å²) in [6.07, 6.45) is 0.505. The number of aromatic hydroxyl groups is 1. The van der Waals surface area contributed by atoms with Gasteiger partial charge in [0.15, 0.2) is 0 Å². The van der Waals surface area contributed by atoms with Gasteiger partial charge in [0.05, 0.1) is 12.5 Å². The molecule has 3 aromatic carbocycles. The van der Waals surface area contributed by atoms with Crippen LogP contribution >= 0.6 is 21.6 Å². The molecule has 4 aromatic rings. The van der Waals surface area contributed by atoms with E-state index in [2.05, 4.69) is 47.5 Å². The third kappa shape index (κ3) is 17.5. The minimum atomic E-state index is -1.61. The Bertz CT molecular complexity index is 2710. The summed E-state index contributed by atoms with van der Waals surface area (Å²) >= 11 is 0. The first-order valence-electron chi connectivity index (χ1n) is 23.9. The summed E-state index contributed by atoms with van der Waals surface area (Å²) < 4.78 is 0. The number of carbonyl (C=O) groups excluding carboxylic acids is 9. The molecule has 1 aliphatic heterocycles. The van der Waals surface area contributed by atoms with Crippen LogP contribution < -0.4 is 54.0 Å². The maximum absolute atomic E-state index is 14.7. The maximum Gasteiger partial charge on any atom is 0.326 e. The van der Waals surface area contributed by atoms with Crippen molar-refractivity contribution >= 4 is 91.6 Å². The average Bonchev–Trinajstić information content (AvgIpc) is 3.77. The Kier molecular flexibility index (Phi) is 21.4. The first-order chi connectivity index (χ1) is 35.6. The topological polar surface area (TPSA) is 375 Å². The van der Waals surface area contributed by atoms with Crippen LogP contribution in [0.25, 0.3) is 10.9 Å². The van der Waals surface area contributed by atoms with Crippen LogP contribution in [0.2, 0.25) is 0 Å². The van der Waals surface area contributed by atoms with E-state index < -0.39 is 126 Å². The van der Waals surface area contributed by atoms with Crippen LogP contribution in [-0.4, -0.2) is 140 Å². The zero-order valence-electron chi connectivity index (χ0n) is 41.5. The second-order valence-corrected chi connectivity index (χ2v) is 20.9. The minimum absolute atomic E-state index is 0.0809. The third-order valence-electron chi connectivity index (χ3n) is 11.9. The molecule has 0 aliphatic carbocycles. The molecule has 15 N–H and O–H groups in total. The number of carboxylic acid groups (broad SMARTS) is 1. The lowest BCUT2D eigenvalue weighted by atomic mass is 10.0. The molecule has 0 spiro atoms. The number of phenols is 1. The minimum Gasteiger partial charge on any atom is -0.508 e. The molecule has 2 heterocycles. The number of hydrogen-bond donors (Lipinski definition) is 13. The molecule has 9 atom stereocenters. The molecule has 0 unspecified atom stereocenters. The first-order valence-corrected chi connectivity index (χ1v) is 26.4. The van der Waals surface area contributed by atoms with Crippen LogP contribution in [0.1, 0.15) is 50.8 Å². The number of rotatable bonds is 16. The molecule has 75 heavy (non-hydrogen) atoms. The lowest BCUT2D eigenvalue weighted by Crippen LogP contribution is -2.61. The molecule has 1 saturated heterocycles. The maximum atomic E-state index is 14.7. The summed E-state index contributed by atoms with van der Waals surface area (Å²) in [5.41, 5.74) is 13.5. The smallest absolute Gasteiger partial charge is 0.326 e. The Morgan fingerprint density at radius 2 is 1.24 bits per heavy atom. The number of primary amides is 1. The van der Waals surface area contributed by atoms with Gasteiger partial charge in [0.2, 0.25) is 53.2 Å². The number of para-hydroxylation sites is 1. The summed E-state index contributed by atoms with van der Waals surface area (Å²) in [6, 6.07) is 8.68. The molecule has 0 radical (unpaired) electrons. The number of benzene rings is 3. The van der Waals surface area contributed by atoms with Crippen molar-refractivity contribution in [2.24, 2.45) is 17.4 Å². The predicted molar refractivity (Wildman–Crippen MR) is 280 cm³/mol. The van der Waals surface area contributed by atoms with Gasteiger partial charge in [-0.05, 0) is 54.7 Å². The van der Waals surface area contributed by atoms with Gasteiger partial charge < -0.3 is 69.2 Å². The van der Waals surface area contributed by atoms with Gasteiger partial charge in [-0.15, -0.1) is 0 Å². The molecule has 402 valence electrons. The van der Waals surface area contributed by atoms with E-state index in [1.165, 1.54) is 38.1 Å². The zero-order chi connectivity index (χ0) is 54.9. The first kappa shape index (κ1) is 58.3. The molecule has 0 saturated carbocycles. The largest absolute Gasteiger partial charge is 0.508 e. The fourth-order valence-corrected chi connectivity index (χ4v) is 10.0. The highest BCUT2D eigenvalue weighted by Gasteiger charge is 2.36. The third-order valence-corrected chi connectivity index (χ3v) is 14.3. The molecule has 1 aromatic heterocycles. The zero-order valence-corrected chi connectivity index (χ0v) is 43.2. The van der Waals surface area contributed by atoms with Crippen LogP contribution in [0.15, 0.2) is 85.1 Å². The van der Waals surface area contributed by atoms with Crippen molar-refractivity contribution in [3.63, 3.8) is 0 Å². The van der Waals surface area contributed by atoms with E-state index >= 15 is 0 Å². The lowest BCUT2D eigenvalue weighted by Gasteiger charge is -2.28. The van der Waals surface area contributed by atoms with E-state index in [1.54, 1.807) is 56.4 Å². The Morgan fingerprint density at radius 3 is 1.87 bits per heavy atom. The van der Waals surface area contributed by atoms with Gasteiger partial charge in [-0.3, -0.25) is 43.2 Å². The van der Waals surface area contributed by atoms with Crippen molar-refractivity contribution in [1.82, 2.24) is 47.5 Å². The number of aromatic amines is 1. The lowest BCUT2D eigenvalue weighted by molar-refractivity contribution is -0.143. The van der Waals surface area contributed by atoms with Crippen molar-refractivity contribution in [3.8, 4) is 5.75 Å². The summed E-state index contributed by atoms with van der Waals surface area (Å²) in [6.45, 7) is 5.82. The molecule has 23 nitrogen and oxygen atoms in total. The molecular formula is C50H63N11O12S2. The SMILES string of the molecule is CC(C)[C@H](NC(=O)[C@@H]1CSSC[C@H](NC(=O)[C@H](CC(N)=O)NC(=O)[C@H](C)N)C(=O)N[C@@H](Cc2ccccc2)C(=O)N[C@@H](Cc2c[nH]c3ccccc23)C(=O)N[C@@H](C)C(=O)N[C@@H](Cc2ccc(O)cc2)C(=O)N1)C(=O)O. The van der Waals surface area contributed by atoms with Crippen molar-refractivity contribution in [2.75, 3.05) is 11.5 Å². The van der Waals surface area contributed by atoms with Gasteiger partial charge in [0, 0.05) is 47.9 Å². The number of nitrogens with two attached hydrogens (primary N) is 2. The fourth-order valence-electron chi connectivity index (χ4n) is 7.71. The van der Waals surface area contributed by atoms with E-state index in [0.29, 0.717) is 16.7 Å². The van der Waals surface area contributed by atoms with Crippen molar-refractivity contribution in [3.05, 3.63) is 102 Å². The van der Waals surface area contributed by atoms with Gasteiger partial charge in [0.25, 0.3) is 0 Å². The molecule has 5 rings (SSSR count). The number of phenolic OH excluding ortho intramolecular Hbond substituents is 1. The summed E-state index contributed by atoms with van der Waals surface area (Å²) in [7, 11) is 1.84. The Morgan fingerprint density at radius 1 is 0.680 bits per heavy atom. The van der Waals surface area contributed by atoms with Gasteiger partial charge >= 0.3 is 5.97 Å². The van der Waals surface area contributed by atoms with Crippen LogP contribution in [0.4, 0.5) is 0 Å². The van der Waals surface area contributed by atoms with E-state index in [1.807, 2.05) is 18.2 Å². The van der Waals surface area contributed by atoms with Crippen LogP contribution in [0.3, 0.4) is 0 Å². The highest BCUT2D eigenvalue weighted by Crippen LogP contribution is 2.25. The van der Waals surface area contributed by atoms with Gasteiger partial charge in [0.1, 0.15) is 54.1 Å². The quantitative estimate of drug-likeness (QED) is 0.0609. The summed E-state index contributed by atoms with van der Waals surface area (Å²) in [4.78, 5) is 140. The standard InChI is InChI=1S/C50H63N11O12S2/c1-25(2)41(50(72)73)61-49(71)39-24-75-74-23-38(59-47(69)37(21-40(52)63)55-42(64)26(3)51)48(70)57-35(18-28-10-6-5-7-11-28)45(67)58-36(20-30-22-53-33-13-9-8-12-32(30)33)44(66)54-27(4)43(65)56-34(46(68)60-39)19-29-14-16-31(62)17-15-29/h5-17,22,25-27,34-39,41,53,62H,18-21,23-24,51H2,1-4H3,(H2,52,63)(H,54,66)(H,55,64)(H,56,65)(H,57,70)(H,58,67)(H,59,69)(H,60,68)(H,61,71)(H,72,73)/t26-,27-,34-,35-,36-,37-,38-,39-,41-/m0/s1. The van der Waals surface area contributed by atoms with E-state index in [4.69, 9.17) is 11.5 Å². The number of H-pyrrole nitrogens is 1. The Hall–Kier alpha value is -7.64. The number of aliphatic carboxylic acids is 1. The molecule has 9 amide bonds. The normalized spacial score (nSPS) is 21.7. The van der Waals surface area contributed by atoms with E-state index in [0.717, 1.165) is 32.5 Å². The summed E-state index contributed by atoms with van der Waals surface area (Å²) in [5, 5.41) is 41.3. The van der Waals surface area contributed by atoms with E-state index in [-0.39, 0.29) is 36.5 Å². The molecule has 1 fully saturated rings. The molecule has 0 bridgehead atoms. The Balaban J connectivity index is 1.59. The molecule has 25 heteroatoms. The van der Waals surface area contributed by atoms with Crippen LogP contribution in [-0.2, 0) is 67.2 Å². The second-order valence-electron chi connectivity index (χ2n) is 18.3.